The first kappa shape index (κ1) is 16.6. The van der Waals surface area contributed by atoms with Crippen LogP contribution in [0.4, 0.5) is 0 Å². The average molecular weight is 352 g/mol. The zero-order valence-electron chi connectivity index (χ0n) is 15.7. The molecule has 1 unspecified atom stereocenters. The summed E-state index contributed by atoms with van der Waals surface area (Å²) >= 11 is 0. The van der Waals surface area contributed by atoms with E-state index in [0.29, 0.717) is 11.7 Å². The Balaban J connectivity index is 1.43. The maximum absolute atomic E-state index is 12.4. The molecular formula is C23H28O3. The number of fused-ring (bicyclic) bond motifs is 4. The predicted molar refractivity (Wildman–Crippen MR) is 101 cm³/mol. The molecule has 4 aliphatic rings. The fraction of sp³-hybridized carbons (Fsp3) is 0.609. The van der Waals surface area contributed by atoms with Crippen molar-refractivity contribution in [3.8, 4) is 5.75 Å². The molecule has 26 heavy (non-hydrogen) atoms. The molecule has 2 fully saturated rings. The van der Waals surface area contributed by atoms with E-state index in [1.807, 2.05) is 0 Å². The maximum Gasteiger partial charge on any atom is 0.199 e. The summed E-state index contributed by atoms with van der Waals surface area (Å²) in [6, 6.07) is 6.59. The Hall–Kier alpha value is -1.61. The Morgan fingerprint density at radius 3 is 2.88 bits per heavy atom. The van der Waals surface area contributed by atoms with Gasteiger partial charge in [0.1, 0.15) is 11.5 Å². The van der Waals surface area contributed by atoms with Crippen molar-refractivity contribution < 1.29 is 14.3 Å². The Labute approximate surface area is 155 Å². The number of rotatable bonds is 2. The highest BCUT2D eigenvalue weighted by Gasteiger charge is 2.50. The molecule has 0 bridgehead atoms. The zero-order chi connectivity index (χ0) is 17.7. The van der Waals surface area contributed by atoms with Crippen LogP contribution in [0.3, 0.4) is 0 Å². The Kier molecular flexibility index (Phi) is 3.97. The van der Waals surface area contributed by atoms with Crippen LogP contribution in [0, 0.1) is 11.3 Å². The Morgan fingerprint density at radius 1 is 1.12 bits per heavy atom. The zero-order valence-corrected chi connectivity index (χ0v) is 15.7. The molecule has 0 amide bonds. The fourth-order valence-electron chi connectivity index (χ4n) is 5.70. The van der Waals surface area contributed by atoms with Gasteiger partial charge in [-0.15, -0.1) is 0 Å². The minimum Gasteiger partial charge on any atom is -0.465 e. The SMILES string of the molecule is C[C@]12CCC3=C(CCc4cc(OC5CCCCO5)ccc43)[C@@H]1CCC2=O. The third kappa shape index (κ3) is 2.55. The molecule has 3 nitrogen and oxygen atoms in total. The molecule has 0 radical (unpaired) electrons. The lowest BCUT2D eigenvalue weighted by Gasteiger charge is -2.41. The van der Waals surface area contributed by atoms with Gasteiger partial charge in [-0.1, -0.05) is 18.6 Å². The molecular weight excluding hydrogens is 324 g/mol. The van der Waals surface area contributed by atoms with E-state index in [1.54, 1.807) is 5.57 Å². The highest BCUT2D eigenvalue weighted by Crippen LogP contribution is 2.56. The van der Waals surface area contributed by atoms with Gasteiger partial charge in [0.15, 0.2) is 6.29 Å². The van der Waals surface area contributed by atoms with Gasteiger partial charge in [-0.25, -0.2) is 0 Å². The number of ketones is 1. The number of allylic oxidation sites excluding steroid dienone is 2. The van der Waals surface area contributed by atoms with Crippen LogP contribution in [-0.2, 0) is 16.0 Å². The van der Waals surface area contributed by atoms with Crippen molar-refractivity contribution in [1.29, 1.82) is 0 Å². The molecule has 3 atom stereocenters. The van der Waals surface area contributed by atoms with E-state index in [-0.39, 0.29) is 11.7 Å². The second-order valence-corrected chi connectivity index (χ2v) is 8.67. The topological polar surface area (TPSA) is 35.5 Å². The van der Waals surface area contributed by atoms with Crippen molar-refractivity contribution in [3.05, 3.63) is 34.9 Å². The normalized spacial score (nSPS) is 33.5. The highest BCUT2D eigenvalue weighted by molar-refractivity contribution is 5.90. The molecule has 5 rings (SSSR count). The summed E-state index contributed by atoms with van der Waals surface area (Å²) in [6.45, 7) is 3.03. The van der Waals surface area contributed by atoms with E-state index in [1.165, 1.54) is 23.1 Å². The minimum absolute atomic E-state index is 0.0833. The predicted octanol–water partition coefficient (Wildman–Crippen LogP) is 5.07. The standard InChI is InChI=1S/C23H28O3/c1-23-12-11-18-17-8-6-16(26-22-4-2-3-13-25-22)14-15(17)5-7-19(18)20(23)9-10-21(23)24/h6,8,14,20,22H,2-5,7,9-13H2,1H3/t20-,22?,23-/m0/s1. The quantitative estimate of drug-likeness (QED) is 0.745. The summed E-state index contributed by atoms with van der Waals surface area (Å²) in [5.74, 6) is 1.92. The van der Waals surface area contributed by atoms with Crippen LogP contribution in [-0.4, -0.2) is 18.7 Å². The number of aryl methyl sites for hydroxylation is 1. The summed E-state index contributed by atoms with van der Waals surface area (Å²) in [4.78, 5) is 12.4. The second kappa shape index (κ2) is 6.23. The van der Waals surface area contributed by atoms with Crippen molar-refractivity contribution in [1.82, 2.24) is 0 Å². The van der Waals surface area contributed by atoms with Crippen LogP contribution >= 0.6 is 0 Å². The van der Waals surface area contributed by atoms with Gasteiger partial charge >= 0.3 is 0 Å². The summed E-state index contributed by atoms with van der Waals surface area (Å²) < 4.78 is 11.8. The third-order valence-electron chi connectivity index (χ3n) is 7.24. The molecule has 1 heterocycles. The molecule has 0 N–H and O–H groups in total. The lowest BCUT2D eigenvalue weighted by Crippen LogP contribution is -2.34. The van der Waals surface area contributed by atoms with Gasteiger partial charge in [-0.3, -0.25) is 4.79 Å². The molecule has 3 heteroatoms. The number of ether oxygens (including phenoxy) is 2. The molecule has 138 valence electrons. The Bertz CT molecular complexity index is 772. The summed E-state index contributed by atoms with van der Waals surface area (Å²) in [6.07, 6.45) is 9.31. The van der Waals surface area contributed by atoms with Gasteiger partial charge in [0.05, 0.1) is 6.61 Å². The molecule has 1 aromatic carbocycles. The van der Waals surface area contributed by atoms with Gasteiger partial charge in [0, 0.05) is 18.3 Å². The maximum atomic E-state index is 12.4. The number of carbonyl (C=O) groups excluding carboxylic acids is 1. The smallest absolute Gasteiger partial charge is 0.199 e. The number of carbonyl (C=O) groups is 1. The summed E-state index contributed by atoms with van der Waals surface area (Å²) in [5, 5.41) is 0. The van der Waals surface area contributed by atoms with E-state index in [9.17, 15) is 4.79 Å². The monoisotopic (exact) mass is 352 g/mol. The van der Waals surface area contributed by atoms with E-state index < -0.39 is 0 Å². The number of hydrogen-bond acceptors (Lipinski definition) is 3. The van der Waals surface area contributed by atoms with Crippen molar-refractivity contribution >= 4 is 11.4 Å². The van der Waals surface area contributed by atoms with Crippen LogP contribution in [0.25, 0.3) is 5.57 Å². The van der Waals surface area contributed by atoms with E-state index >= 15 is 0 Å². The molecule has 1 aromatic rings. The van der Waals surface area contributed by atoms with Crippen molar-refractivity contribution in [2.75, 3.05) is 6.61 Å². The fourth-order valence-corrected chi connectivity index (χ4v) is 5.70. The van der Waals surface area contributed by atoms with Gasteiger partial charge in [-0.05, 0) is 79.7 Å². The van der Waals surface area contributed by atoms with Gasteiger partial charge in [0.2, 0.25) is 0 Å². The third-order valence-corrected chi connectivity index (χ3v) is 7.24. The summed E-state index contributed by atoms with van der Waals surface area (Å²) in [5.41, 5.74) is 5.84. The largest absolute Gasteiger partial charge is 0.465 e. The lowest BCUT2D eigenvalue weighted by molar-refractivity contribution is -0.126. The molecule has 0 aromatic heterocycles. The minimum atomic E-state index is -0.0856. The van der Waals surface area contributed by atoms with Crippen molar-refractivity contribution in [2.24, 2.45) is 11.3 Å². The van der Waals surface area contributed by atoms with E-state index in [4.69, 9.17) is 9.47 Å². The van der Waals surface area contributed by atoms with Crippen LogP contribution in [0.5, 0.6) is 5.75 Å². The number of benzene rings is 1. The lowest BCUT2D eigenvalue weighted by atomic mass is 9.63. The van der Waals surface area contributed by atoms with Crippen LogP contribution in [0.1, 0.15) is 69.4 Å². The van der Waals surface area contributed by atoms with E-state index in [2.05, 4.69) is 25.1 Å². The molecule has 3 aliphatic carbocycles. The molecule has 1 saturated heterocycles. The van der Waals surface area contributed by atoms with E-state index in [0.717, 1.165) is 63.7 Å². The van der Waals surface area contributed by atoms with Gasteiger partial charge in [0.25, 0.3) is 0 Å². The average Bonchev–Trinajstić information content (AvgIpc) is 2.97. The molecule has 1 aliphatic heterocycles. The molecule has 1 saturated carbocycles. The second-order valence-electron chi connectivity index (χ2n) is 8.67. The summed E-state index contributed by atoms with van der Waals surface area (Å²) in [7, 11) is 0. The van der Waals surface area contributed by atoms with Crippen molar-refractivity contribution in [2.45, 2.75) is 71.0 Å². The first-order valence-corrected chi connectivity index (χ1v) is 10.3. The van der Waals surface area contributed by atoms with Crippen molar-refractivity contribution in [3.63, 3.8) is 0 Å². The number of Topliss-reactive ketones (excluding diaryl/α,β-unsaturated/α-hetero) is 1. The van der Waals surface area contributed by atoms with Crippen LogP contribution < -0.4 is 4.74 Å². The van der Waals surface area contributed by atoms with Gasteiger partial charge < -0.3 is 9.47 Å². The molecule has 0 spiro atoms. The number of hydrogen-bond donors (Lipinski definition) is 0. The van der Waals surface area contributed by atoms with Crippen LogP contribution in [0.2, 0.25) is 0 Å². The first-order chi connectivity index (χ1) is 12.6. The Morgan fingerprint density at radius 2 is 2.04 bits per heavy atom. The first-order valence-electron chi connectivity index (χ1n) is 10.3. The van der Waals surface area contributed by atoms with Gasteiger partial charge in [-0.2, -0.15) is 0 Å². The highest BCUT2D eigenvalue weighted by atomic mass is 16.7. The van der Waals surface area contributed by atoms with Crippen LogP contribution in [0.15, 0.2) is 23.8 Å².